The van der Waals surface area contributed by atoms with Gasteiger partial charge in [0, 0.05) is 17.3 Å². The van der Waals surface area contributed by atoms with E-state index in [0.717, 1.165) is 5.56 Å². The van der Waals surface area contributed by atoms with Crippen LogP contribution in [0.15, 0.2) is 48.5 Å². The number of fused-ring (bicyclic) bond motifs is 1. The zero-order valence-corrected chi connectivity index (χ0v) is 15.8. The second-order valence-electron chi connectivity index (χ2n) is 7.58. The fourth-order valence-corrected chi connectivity index (χ4v) is 2.94. The van der Waals surface area contributed by atoms with Gasteiger partial charge < -0.3 is 14.8 Å². The fourth-order valence-electron chi connectivity index (χ4n) is 2.94. The number of nitrogens with one attached hydrogen (secondary N) is 1. The predicted octanol–water partition coefficient (Wildman–Crippen LogP) is 5.16. The van der Waals surface area contributed by atoms with E-state index in [1.807, 2.05) is 36.4 Å². The zero-order chi connectivity index (χ0) is 18.7. The molecule has 4 heteroatoms. The topological polar surface area (TPSA) is 47.6 Å². The summed E-state index contributed by atoms with van der Waals surface area (Å²) in [7, 11) is 0. The third-order valence-corrected chi connectivity index (χ3v) is 4.05. The van der Waals surface area contributed by atoms with Crippen molar-refractivity contribution in [3.05, 3.63) is 59.7 Å². The molecule has 1 N–H and O–H groups in total. The first kappa shape index (κ1) is 18.1. The largest absolute Gasteiger partial charge is 0.486 e. The fraction of sp³-hybridized carbons (Fsp3) is 0.318. The third-order valence-electron chi connectivity index (χ3n) is 4.05. The minimum absolute atomic E-state index is 0.123. The van der Waals surface area contributed by atoms with Crippen molar-refractivity contribution in [2.45, 2.75) is 27.7 Å². The summed E-state index contributed by atoms with van der Waals surface area (Å²) in [6, 6.07) is 13.1. The minimum Gasteiger partial charge on any atom is -0.486 e. The van der Waals surface area contributed by atoms with Crippen LogP contribution in [0, 0.1) is 5.41 Å². The highest BCUT2D eigenvalue weighted by atomic mass is 16.6. The number of ether oxygens (including phenoxy) is 2. The van der Waals surface area contributed by atoms with Crippen molar-refractivity contribution >= 4 is 17.2 Å². The quantitative estimate of drug-likeness (QED) is 0.831. The lowest BCUT2D eigenvalue weighted by Gasteiger charge is -2.19. The number of rotatable bonds is 3. The molecule has 0 saturated carbocycles. The van der Waals surface area contributed by atoms with E-state index in [9.17, 15) is 4.79 Å². The van der Waals surface area contributed by atoms with E-state index in [-0.39, 0.29) is 11.3 Å². The first-order valence-corrected chi connectivity index (χ1v) is 8.83. The SMILES string of the molecule is CC(=CC(C)(C)C)c1ccc(C(=O)Nc2ccc3c(c2)OCCO3)cc1. The van der Waals surface area contributed by atoms with Gasteiger partial charge in [0.1, 0.15) is 13.2 Å². The van der Waals surface area contributed by atoms with Crippen molar-refractivity contribution in [3.8, 4) is 11.5 Å². The molecule has 3 rings (SSSR count). The molecule has 1 heterocycles. The smallest absolute Gasteiger partial charge is 0.255 e. The van der Waals surface area contributed by atoms with Gasteiger partial charge in [0.15, 0.2) is 11.5 Å². The highest BCUT2D eigenvalue weighted by molar-refractivity contribution is 6.04. The van der Waals surface area contributed by atoms with Gasteiger partial charge in [-0.2, -0.15) is 0 Å². The maximum Gasteiger partial charge on any atom is 0.255 e. The van der Waals surface area contributed by atoms with Crippen LogP contribution in [0.5, 0.6) is 11.5 Å². The van der Waals surface area contributed by atoms with Crippen LogP contribution in [0.25, 0.3) is 5.57 Å². The minimum atomic E-state index is -0.148. The Labute approximate surface area is 154 Å². The Morgan fingerprint density at radius 3 is 2.23 bits per heavy atom. The Hall–Kier alpha value is -2.75. The van der Waals surface area contributed by atoms with Gasteiger partial charge in [-0.1, -0.05) is 39.0 Å². The Morgan fingerprint density at radius 1 is 0.962 bits per heavy atom. The molecule has 1 aliphatic rings. The van der Waals surface area contributed by atoms with Crippen LogP contribution in [-0.4, -0.2) is 19.1 Å². The summed E-state index contributed by atoms with van der Waals surface area (Å²) in [5.74, 6) is 1.22. The van der Waals surface area contributed by atoms with Crippen molar-refractivity contribution in [2.24, 2.45) is 5.41 Å². The monoisotopic (exact) mass is 351 g/mol. The maximum absolute atomic E-state index is 12.5. The summed E-state index contributed by atoms with van der Waals surface area (Å²) in [6.45, 7) is 9.68. The zero-order valence-electron chi connectivity index (χ0n) is 15.8. The van der Waals surface area contributed by atoms with E-state index in [1.54, 1.807) is 6.07 Å². The van der Waals surface area contributed by atoms with Gasteiger partial charge in [0.25, 0.3) is 5.91 Å². The van der Waals surface area contributed by atoms with Crippen LogP contribution in [0.3, 0.4) is 0 Å². The van der Waals surface area contributed by atoms with Crippen LogP contribution in [0.2, 0.25) is 0 Å². The third kappa shape index (κ3) is 4.45. The maximum atomic E-state index is 12.5. The Morgan fingerprint density at radius 2 is 1.58 bits per heavy atom. The molecule has 0 atom stereocenters. The summed E-state index contributed by atoms with van der Waals surface area (Å²) in [5.41, 5.74) is 3.75. The van der Waals surface area contributed by atoms with E-state index in [2.05, 4.69) is 39.1 Å². The Kier molecular flexibility index (Phi) is 5.03. The number of hydrogen-bond donors (Lipinski definition) is 1. The summed E-state index contributed by atoms with van der Waals surface area (Å²) < 4.78 is 11.0. The first-order chi connectivity index (χ1) is 12.3. The predicted molar refractivity (Wildman–Crippen MR) is 105 cm³/mol. The average molecular weight is 351 g/mol. The molecule has 0 saturated heterocycles. The van der Waals surface area contributed by atoms with Gasteiger partial charge in [-0.05, 0) is 47.7 Å². The van der Waals surface area contributed by atoms with Crippen molar-refractivity contribution in [1.82, 2.24) is 0 Å². The van der Waals surface area contributed by atoms with Crippen molar-refractivity contribution < 1.29 is 14.3 Å². The molecular formula is C22H25NO3. The van der Waals surface area contributed by atoms with Gasteiger partial charge in [-0.25, -0.2) is 0 Å². The summed E-state index contributed by atoms with van der Waals surface area (Å²) in [4.78, 5) is 12.5. The molecule has 26 heavy (non-hydrogen) atoms. The van der Waals surface area contributed by atoms with Crippen molar-refractivity contribution in [1.29, 1.82) is 0 Å². The van der Waals surface area contributed by atoms with Crippen LogP contribution < -0.4 is 14.8 Å². The molecule has 2 aromatic carbocycles. The summed E-state index contributed by atoms with van der Waals surface area (Å²) in [5, 5.41) is 2.91. The lowest BCUT2D eigenvalue weighted by atomic mass is 9.91. The van der Waals surface area contributed by atoms with Gasteiger partial charge in [-0.15, -0.1) is 0 Å². The standard InChI is InChI=1S/C22H25NO3/c1-15(14-22(2,3)4)16-5-7-17(8-6-16)21(24)23-18-9-10-19-20(13-18)26-12-11-25-19/h5-10,13-14H,11-12H2,1-4H3,(H,23,24). The van der Waals surface area contributed by atoms with Gasteiger partial charge >= 0.3 is 0 Å². The van der Waals surface area contributed by atoms with Gasteiger partial charge in [-0.3, -0.25) is 4.79 Å². The molecule has 2 aromatic rings. The highest BCUT2D eigenvalue weighted by Crippen LogP contribution is 2.32. The van der Waals surface area contributed by atoms with Crippen molar-refractivity contribution in [2.75, 3.05) is 18.5 Å². The first-order valence-electron chi connectivity index (χ1n) is 8.83. The molecule has 0 spiro atoms. The van der Waals surface area contributed by atoms with Gasteiger partial charge in [0.2, 0.25) is 0 Å². The molecule has 0 bridgehead atoms. The number of anilines is 1. The number of carbonyl (C=O) groups excluding carboxylic acids is 1. The lowest BCUT2D eigenvalue weighted by molar-refractivity contribution is 0.102. The lowest BCUT2D eigenvalue weighted by Crippen LogP contribution is -2.16. The molecule has 0 aliphatic carbocycles. The molecule has 136 valence electrons. The molecular weight excluding hydrogens is 326 g/mol. The van der Waals surface area contributed by atoms with Crippen molar-refractivity contribution in [3.63, 3.8) is 0 Å². The van der Waals surface area contributed by atoms with Crippen LogP contribution in [-0.2, 0) is 0 Å². The number of benzene rings is 2. The summed E-state index contributed by atoms with van der Waals surface area (Å²) in [6.07, 6.45) is 2.23. The number of allylic oxidation sites excluding steroid dienone is 2. The number of hydrogen-bond acceptors (Lipinski definition) is 3. The number of carbonyl (C=O) groups is 1. The molecule has 0 aromatic heterocycles. The van der Waals surface area contributed by atoms with E-state index < -0.39 is 0 Å². The summed E-state index contributed by atoms with van der Waals surface area (Å²) >= 11 is 0. The average Bonchev–Trinajstić information content (AvgIpc) is 2.60. The van der Waals surface area contributed by atoms with E-state index >= 15 is 0 Å². The van der Waals surface area contributed by atoms with Crippen LogP contribution >= 0.6 is 0 Å². The Bertz CT molecular complexity index is 829. The second kappa shape index (κ2) is 7.24. The normalized spacial score (nSPS) is 14.1. The number of amides is 1. The molecule has 1 aliphatic heterocycles. The highest BCUT2D eigenvalue weighted by Gasteiger charge is 2.14. The van der Waals surface area contributed by atoms with E-state index in [4.69, 9.17) is 9.47 Å². The van der Waals surface area contributed by atoms with Gasteiger partial charge in [0.05, 0.1) is 0 Å². The van der Waals surface area contributed by atoms with Crippen LogP contribution in [0.4, 0.5) is 5.69 Å². The van der Waals surface area contributed by atoms with Crippen LogP contribution in [0.1, 0.15) is 43.6 Å². The molecule has 0 fully saturated rings. The van der Waals surface area contributed by atoms with E-state index in [0.29, 0.717) is 36.0 Å². The molecule has 0 radical (unpaired) electrons. The van der Waals surface area contributed by atoms with E-state index in [1.165, 1.54) is 5.57 Å². The molecule has 1 amide bonds. The second-order valence-corrected chi connectivity index (χ2v) is 7.58. The Balaban J connectivity index is 1.71. The molecule has 4 nitrogen and oxygen atoms in total. The molecule has 0 unspecified atom stereocenters.